The second kappa shape index (κ2) is 3.92. The van der Waals surface area contributed by atoms with Crippen molar-refractivity contribution in [2.24, 2.45) is 0 Å². The molecule has 76 valence electrons. The molecule has 2 heterocycles. The smallest absolute Gasteiger partial charge is 0.253 e. The fraction of sp³-hybridized carbons (Fsp3) is 0.600. The summed E-state index contributed by atoms with van der Waals surface area (Å²) in [5, 5.41) is 3.26. The van der Waals surface area contributed by atoms with Gasteiger partial charge in [-0.3, -0.25) is 14.5 Å². The Morgan fingerprint density at radius 1 is 1.14 bits per heavy atom. The standard InChI is InChI=1S/C10H14N2O2/c13-9-3-4-10(14)12(9)8-2-1-6-11-7-5-8/h3-4,8,11H,1-2,5-7H2. The predicted molar refractivity (Wildman–Crippen MR) is 51.5 cm³/mol. The average Bonchev–Trinajstić information content (AvgIpc) is 2.45. The highest BCUT2D eigenvalue weighted by molar-refractivity contribution is 6.13. The molecular formula is C10H14N2O2. The Morgan fingerprint density at radius 2 is 1.86 bits per heavy atom. The fourth-order valence-electron chi connectivity index (χ4n) is 2.03. The molecule has 0 aromatic carbocycles. The Hall–Kier alpha value is -1.16. The number of imide groups is 1. The molecule has 1 atom stereocenters. The molecule has 4 nitrogen and oxygen atoms in total. The van der Waals surface area contributed by atoms with Gasteiger partial charge in [-0.25, -0.2) is 0 Å². The number of carbonyl (C=O) groups is 2. The van der Waals surface area contributed by atoms with Crippen molar-refractivity contribution in [2.45, 2.75) is 25.3 Å². The summed E-state index contributed by atoms with van der Waals surface area (Å²) in [4.78, 5) is 24.2. The quantitative estimate of drug-likeness (QED) is 0.600. The lowest BCUT2D eigenvalue weighted by Crippen LogP contribution is -2.40. The number of rotatable bonds is 1. The van der Waals surface area contributed by atoms with E-state index in [4.69, 9.17) is 0 Å². The Kier molecular flexibility index (Phi) is 2.63. The molecule has 2 amide bonds. The van der Waals surface area contributed by atoms with E-state index in [1.807, 2.05) is 0 Å². The zero-order chi connectivity index (χ0) is 9.97. The number of amides is 2. The van der Waals surface area contributed by atoms with Gasteiger partial charge in [-0.05, 0) is 32.4 Å². The van der Waals surface area contributed by atoms with Gasteiger partial charge in [-0.2, -0.15) is 0 Å². The van der Waals surface area contributed by atoms with Crippen LogP contribution in [0.5, 0.6) is 0 Å². The van der Waals surface area contributed by atoms with Crippen LogP contribution in [0.25, 0.3) is 0 Å². The van der Waals surface area contributed by atoms with E-state index in [-0.39, 0.29) is 17.9 Å². The fourth-order valence-corrected chi connectivity index (χ4v) is 2.03. The van der Waals surface area contributed by atoms with Crippen LogP contribution in [0.1, 0.15) is 19.3 Å². The zero-order valence-electron chi connectivity index (χ0n) is 8.03. The maximum absolute atomic E-state index is 11.4. The van der Waals surface area contributed by atoms with Gasteiger partial charge in [0, 0.05) is 18.2 Å². The Labute approximate surface area is 83.0 Å². The number of hydrogen-bond donors (Lipinski definition) is 1. The number of hydrogen-bond acceptors (Lipinski definition) is 3. The number of carbonyl (C=O) groups excluding carboxylic acids is 2. The lowest BCUT2D eigenvalue weighted by molar-refractivity contribution is -0.139. The van der Waals surface area contributed by atoms with Crippen molar-refractivity contribution in [1.82, 2.24) is 10.2 Å². The van der Waals surface area contributed by atoms with Crippen molar-refractivity contribution in [3.63, 3.8) is 0 Å². The maximum Gasteiger partial charge on any atom is 0.253 e. The molecule has 4 heteroatoms. The van der Waals surface area contributed by atoms with Crippen LogP contribution in [-0.4, -0.2) is 35.8 Å². The van der Waals surface area contributed by atoms with Crippen molar-refractivity contribution in [3.8, 4) is 0 Å². The van der Waals surface area contributed by atoms with E-state index in [0.29, 0.717) is 0 Å². The van der Waals surface area contributed by atoms with Crippen molar-refractivity contribution in [2.75, 3.05) is 13.1 Å². The highest BCUT2D eigenvalue weighted by Gasteiger charge is 2.30. The molecule has 2 aliphatic rings. The normalized spacial score (nSPS) is 28.3. The van der Waals surface area contributed by atoms with Crippen LogP contribution in [-0.2, 0) is 9.59 Å². The first-order valence-corrected chi connectivity index (χ1v) is 5.05. The second-order valence-corrected chi connectivity index (χ2v) is 3.71. The first-order chi connectivity index (χ1) is 6.79. The number of nitrogens with one attached hydrogen (secondary N) is 1. The molecule has 0 bridgehead atoms. The summed E-state index contributed by atoms with van der Waals surface area (Å²) in [6.07, 6.45) is 5.55. The second-order valence-electron chi connectivity index (χ2n) is 3.71. The Morgan fingerprint density at radius 3 is 2.57 bits per heavy atom. The summed E-state index contributed by atoms with van der Waals surface area (Å²) in [5.74, 6) is -0.302. The van der Waals surface area contributed by atoms with Gasteiger partial charge in [-0.1, -0.05) is 0 Å². The number of nitrogens with zero attached hydrogens (tertiary/aromatic N) is 1. The molecule has 1 N–H and O–H groups in total. The van der Waals surface area contributed by atoms with Gasteiger partial charge in [0.15, 0.2) is 0 Å². The third kappa shape index (κ3) is 1.70. The van der Waals surface area contributed by atoms with E-state index in [2.05, 4.69) is 5.32 Å². The molecule has 0 aromatic rings. The summed E-state index contributed by atoms with van der Waals surface area (Å²) >= 11 is 0. The van der Waals surface area contributed by atoms with E-state index < -0.39 is 0 Å². The minimum Gasteiger partial charge on any atom is -0.317 e. The van der Waals surface area contributed by atoms with Crippen LogP contribution in [0.15, 0.2) is 12.2 Å². The van der Waals surface area contributed by atoms with Crippen molar-refractivity contribution >= 4 is 11.8 Å². The van der Waals surface area contributed by atoms with E-state index >= 15 is 0 Å². The summed E-state index contributed by atoms with van der Waals surface area (Å²) in [7, 11) is 0. The first-order valence-electron chi connectivity index (χ1n) is 5.05. The van der Waals surface area contributed by atoms with Gasteiger partial charge in [0.2, 0.25) is 0 Å². The lowest BCUT2D eigenvalue weighted by atomic mass is 10.1. The monoisotopic (exact) mass is 194 g/mol. The molecule has 1 saturated heterocycles. The van der Waals surface area contributed by atoms with Gasteiger partial charge in [0.1, 0.15) is 0 Å². The lowest BCUT2D eigenvalue weighted by Gasteiger charge is -2.24. The van der Waals surface area contributed by atoms with Gasteiger partial charge < -0.3 is 5.32 Å². The molecule has 2 rings (SSSR count). The molecule has 2 aliphatic heterocycles. The molecule has 0 saturated carbocycles. The van der Waals surface area contributed by atoms with Crippen molar-refractivity contribution < 1.29 is 9.59 Å². The highest BCUT2D eigenvalue weighted by atomic mass is 16.2. The molecule has 0 spiro atoms. The van der Waals surface area contributed by atoms with Crippen LogP contribution in [0.4, 0.5) is 0 Å². The summed E-state index contributed by atoms with van der Waals surface area (Å²) in [6.45, 7) is 1.88. The zero-order valence-corrected chi connectivity index (χ0v) is 8.03. The van der Waals surface area contributed by atoms with E-state index in [0.717, 1.165) is 32.4 Å². The topological polar surface area (TPSA) is 49.4 Å². The summed E-state index contributed by atoms with van der Waals surface area (Å²) in [5.41, 5.74) is 0. The maximum atomic E-state index is 11.4. The summed E-state index contributed by atoms with van der Waals surface area (Å²) in [6, 6.07) is 0.0972. The Balaban J connectivity index is 2.06. The van der Waals surface area contributed by atoms with Crippen LogP contribution >= 0.6 is 0 Å². The van der Waals surface area contributed by atoms with Crippen molar-refractivity contribution in [3.05, 3.63) is 12.2 Å². The van der Waals surface area contributed by atoms with E-state index in [1.54, 1.807) is 0 Å². The minimum absolute atomic E-state index is 0.0972. The molecular weight excluding hydrogens is 180 g/mol. The molecule has 0 aromatic heterocycles. The Bertz CT molecular complexity index is 260. The van der Waals surface area contributed by atoms with E-state index in [9.17, 15) is 9.59 Å². The van der Waals surface area contributed by atoms with Crippen LogP contribution < -0.4 is 5.32 Å². The van der Waals surface area contributed by atoms with Gasteiger partial charge in [0.05, 0.1) is 0 Å². The largest absolute Gasteiger partial charge is 0.317 e. The van der Waals surface area contributed by atoms with Crippen LogP contribution in [0.2, 0.25) is 0 Å². The third-order valence-electron chi connectivity index (χ3n) is 2.75. The molecule has 0 radical (unpaired) electrons. The predicted octanol–water partition coefficient (Wildman–Crippen LogP) is 0.0535. The van der Waals surface area contributed by atoms with E-state index in [1.165, 1.54) is 17.1 Å². The highest BCUT2D eigenvalue weighted by Crippen LogP contribution is 2.17. The molecule has 1 unspecified atom stereocenters. The summed E-state index contributed by atoms with van der Waals surface area (Å²) < 4.78 is 0. The van der Waals surface area contributed by atoms with Gasteiger partial charge in [-0.15, -0.1) is 0 Å². The SMILES string of the molecule is O=C1C=CC(=O)N1C1CCCNCC1. The molecule has 1 fully saturated rings. The minimum atomic E-state index is -0.151. The van der Waals surface area contributed by atoms with Gasteiger partial charge >= 0.3 is 0 Å². The van der Waals surface area contributed by atoms with Crippen LogP contribution in [0, 0.1) is 0 Å². The molecule has 14 heavy (non-hydrogen) atoms. The van der Waals surface area contributed by atoms with Crippen molar-refractivity contribution in [1.29, 1.82) is 0 Å². The molecule has 0 aliphatic carbocycles. The first kappa shape index (κ1) is 9.40. The van der Waals surface area contributed by atoms with Gasteiger partial charge in [0.25, 0.3) is 11.8 Å². The van der Waals surface area contributed by atoms with Crippen LogP contribution in [0.3, 0.4) is 0 Å². The average molecular weight is 194 g/mol. The third-order valence-corrected chi connectivity index (χ3v) is 2.75.